The largest absolute Gasteiger partial charge is 0.475 e. The van der Waals surface area contributed by atoms with Crippen molar-refractivity contribution in [2.75, 3.05) is 30.3 Å². The van der Waals surface area contributed by atoms with E-state index < -0.39 is 0 Å². The van der Waals surface area contributed by atoms with Crippen LogP contribution in [-0.4, -0.2) is 52.6 Å². The molecule has 5 rings (SSSR count). The highest BCUT2D eigenvalue weighted by molar-refractivity contribution is 7.21. The number of aromatic nitrogens is 3. The van der Waals surface area contributed by atoms with Gasteiger partial charge in [-0.1, -0.05) is 0 Å². The van der Waals surface area contributed by atoms with Crippen LogP contribution in [0.15, 0.2) is 18.3 Å². The lowest BCUT2D eigenvalue weighted by molar-refractivity contribution is 0.0918. The zero-order valence-corrected chi connectivity index (χ0v) is 17.4. The number of hydrogen-bond donors (Lipinski definition) is 3. The van der Waals surface area contributed by atoms with E-state index in [1.54, 1.807) is 6.20 Å². The van der Waals surface area contributed by atoms with Gasteiger partial charge in [-0.3, -0.25) is 4.79 Å². The Morgan fingerprint density at radius 1 is 1.37 bits per heavy atom. The van der Waals surface area contributed by atoms with Crippen LogP contribution in [0.2, 0.25) is 0 Å². The van der Waals surface area contributed by atoms with Crippen LogP contribution >= 0.6 is 11.3 Å². The molecule has 0 aromatic carbocycles. The first-order valence-electron chi connectivity index (χ1n) is 9.93. The molecule has 1 fully saturated rings. The van der Waals surface area contributed by atoms with Gasteiger partial charge in [0.25, 0.3) is 5.91 Å². The first-order chi connectivity index (χ1) is 14.5. The SMILES string of the molecule is Cc1cnc2c(N)c(C(=O)N[C@H]3COc4nc(N5CC[C@@H](N)C5)ccc4C3)sc2n1. The number of anilines is 2. The van der Waals surface area contributed by atoms with E-state index in [1.807, 2.05) is 19.1 Å². The van der Waals surface area contributed by atoms with Crippen LogP contribution in [-0.2, 0) is 6.42 Å². The van der Waals surface area contributed by atoms with Crippen LogP contribution < -0.4 is 26.4 Å². The number of ether oxygens (including phenoxy) is 1. The number of nitrogens with one attached hydrogen (secondary N) is 1. The molecule has 0 unspecified atom stereocenters. The minimum atomic E-state index is -0.234. The maximum Gasteiger partial charge on any atom is 0.263 e. The molecule has 30 heavy (non-hydrogen) atoms. The molecule has 9 nitrogen and oxygen atoms in total. The molecule has 0 radical (unpaired) electrons. The van der Waals surface area contributed by atoms with Crippen LogP contribution in [0, 0.1) is 6.92 Å². The van der Waals surface area contributed by atoms with Crippen molar-refractivity contribution in [1.82, 2.24) is 20.3 Å². The van der Waals surface area contributed by atoms with Crippen molar-refractivity contribution in [3.05, 3.63) is 34.5 Å². The second-order valence-electron chi connectivity index (χ2n) is 7.82. The molecule has 0 saturated carbocycles. The Balaban J connectivity index is 1.30. The fourth-order valence-electron chi connectivity index (χ4n) is 3.90. The number of carbonyl (C=O) groups excluding carboxylic acids is 1. The third-order valence-corrected chi connectivity index (χ3v) is 6.55. The molecule has 5 N–H and O–H groups in total. The predicted octanol–water partition coefficient (Wildman–Crippen LogP) is 1.25. The van der Waals surface area contributed by atoms with Crippen LogP contribution in [0.1, 0.15) is 27.3 Å². The zero-order chi connectivity index (χ0) is 20.8. The molecule has 1 saturated heterocycles. The third kappa shape index (κ3) is 3.41. The maximum absolute atomic E-state index is 12.8. The lowest BCUT2D eigenvalue weighted by atomic mass is 10.1. The molecule has 156 valence electrons. The van der Waals surface area contributed by atoms with Gasteiger partial charge < -0.3 is 26.4 Å². The Hall–Kier alpha value is -2.98. The number of nitrogens with two attached hydrogens (primary N) is 2. The molecule has 5 heterocycles. The molecule has 3 aromatic heterocycles. The molecule has 2 aliphatic rings. The maximum atomic E-state index is 12.8. The highest BCUT2D eigenvalue weighted by Crippen LogP contribution is 2.32. The van der Waals surface area contributed by atoms with Gasteiger partial charge in [-0.05, 0) is 25.5 Å². The van der Waals surface area contributed by atoms with Gasteiger partial charge in [0.2, 0.25) is 5.88 Å². The fraction of sp³-hybridized carbons (Fsp3) is 0.400. The minimum Gasteiger partial charge on any atom is -0.475 e. The van der Waals surface area contributed by atoms with E-state index in [4.69, 9.17) is 16.2 Å². The topological polar surface area (TPSA) is 132 Å². The molecule has 2 aliphatic heterocycles. The van der Waals surface area contributed by atoms with E-state index in [-0.39, 0.29) is 18.0 Å². The van der Waals surface area contributed by atoms with Crippen molar-refractivity contribution in [1.29, 1.82) is 0 Å². The number of hydrogen-bond acceptors (Lipinski definition) is 9. The smallest absolute Gasteiger partial charge is 0.263 e. The number of amides is 1. The minimum absolute atomic E-state index is 0.162. The highest BCUT2D eigenvalue weighted by Gasteiger charge is 2.27. The van der Waals surface area contributed by atoms with E-state index in [0.29, 0.717) is 39.8 Å². The number of nitrogen functional groups attached to an aromatic ring is 1. The molecular formula is C20H23N7O2S. The highest BCUT2D eigenvalue weighted by atomic mass is 32.1. The Morgan fingerprint density at radius 3 is 3.03 bits per heavy atom. The number of nitrogens with zero attached hydrogens (tertiary/aromatic N) is 4. The van der Waals surface area contributed by atoms with Gasteiger partial charge in [0.05, 0.1) is 17.4 Å². The quantitative estimate of drug-likeness (QED) is 0.571. The second kappa shape index (κ2) is 7.37. The van der Waals surface area contributed by atoms with Crippen molar-refractivity contribution < 1.29 is 9.53 Å². The first kappa shape index (κ1) is 19.0. The van der Waals surface area contributed by atoms with E-state index in [0.717, 1.165) is 36.6 Å². The van der Waals surface area contributed by atoms with Crippen molar-refractivity contribution in [2.24, 2.45) is 5.73 Å². The standard InChI is InChI=1S/C20H23N7O2S/c1-10-7-23-16-15(22)17(30-20(16)24-10)18(28)25-13-6-11-2-3-14(26-19(11)29-9-13)27-5-4-12(21)8-27/h2-3,7,12-13H,4-6,8-9,21-22H2,1H3,(H,25,28)/t12-,13-/m1/s1. The molecule has 2 atom stereocenters. The van der Waals surface area contributed by atoms with E-state index in [2.05, 4.69) is 25.2 Å². The molecular weight excluding hydrogens is 402 g/mol. The molecule has 0 aliphatic carbocycles. The van der Waals surface area contributed by atoms with E-state index in [1.165, 1.54) is 11.3 Å². The Labute approximate surface area is 177 Å². The van der Waals surface area contributed by atoms with Crippen LogP contribution in [0.3, 0.4) is 0 Å². The molecule has 1 amide bonds. The summed E-state index contributed by atoms with van der Waals surface area (Å²) >= 11 is 1.26. The van der Waals surface area contributed by atoms with Gasteiger partial charge in [0, 0.05) is 37.3 Å². The average molecular weight is 426 g/mol. The predicted molar refractivity (Wildman–Crippen MR) is 116 cm³/mol. The Kier molecular flexibility index (Phi) is 4.67. The number of carbonyl (C=O) groups is 1. The summed E-state index contributed by atoms with van der Waals surface area (Å²) in [5, 5.41) is 3.02. The van der Waals surface area contributed by atoms with Crippen molar-refractivity contribution in [2.45, 2.75) is 31.8 Å². The number of thiophene rings is 1. The summed E-state index contributed by atoms with van der Waals surface area (Å²) in [7, 11) is 0. The first-order valence-corrected chi connectivity index (χ1v) is 10.8. The van der Waals surface area contributed by atoms with Crippen LogP contribution in [0.4, 0.5) is 11.5 Å². The summed E-state index contributed by atoms with van der Waals surface area (Å²) < 4.78 is 5.87. The zero-order valence-electron chi connectivity index (χ0n) is 16.6. The number of rotatable bonds is 3. The second-order valence-corrected chi connectivity index (χ2v) is 8.82. The van der Waals surface area contributed by atoms with Gasteiger partial charge in [0.15, 0.2) is 0 Å². The molecule has 10 heteroatoms. The Morgan fingerprint density at radius 2 is 2.23 bits per heavy atom. The molecule has 3 aromatic rings. The van der Waals surface area contributed by atoms with Crippen LogP contribution in [0.25, 0.3) is 10.3 Å². The van der Waals surface area contributed by atoms with Crippen molar-refractivity contribution >= 4 is 39.1 Å². The summed E-state index contributed by atoms with van der Waals surface area (Å²) in [5.74, 6) is 1.28. The van der Waals surface area contributed by atoms with Gasteiger partial charge in [-0.2, -0.15) is 4.98 Å². The average Bonchev–Trinajstić information content (AvgIpc) is 3.31. The lowest BCUT2D eigenvalue weighted by Crippen LogP contribution is -2.43. The van der Waals surface area contributed by atoms with E-state index >= 15 is 0 Å². The van der Waals surface area contributed by atoms with Gasteiger partial charge in [-0.15, -0.1) is 11.3 Å². The number of pyridine rings is 1. The number of fused-ring (bicyclic) bond motifs is 2. The monoisotopic (exact) mass is 425 g/mol. The summed E-state index contributed by atoms with van der Waals surface area (Å²) in [5.41, 5.74) is 14.8. The van der Waals surface area contributed by atoms with Crippen molar-refractivity contribution in [3.8, 4) is 5.88 Å². The molecule has 0 spiro atoms. The summed E-state index contributed by atoms with van der Waals surface area (Å²) in [6, 6.07) is 4.04. The summed E-state index contributed by atoms with van der Waals surface area (Å²) in [4.78, 5) is 29.5. The summed E-state index contributed by atoms with van der Waals surface area (Å²) in [6.07, 6.45) is 3.27. The van der Waals surface area contributed by atoms with Gasteiger partial charge in [0.1, 0.15) is 27.6 Å². The third-order valence-electron chi connectivity index (χ3n) is 5.46. The normalized spacial score (nSPS) is 20.8. The van der Waals surface area contributed by atoms with Gasteiger partial charge >= 0.3 is 0 Å². The summed E-state index contributed by atoms with van der Waals surface area (Å²) in [6.45, 7) is 3.93. The van der Waals surface area contributed by atoms with Crippen LogP contribution in [0.5, 0.6) is 5.88 Å². The van der Waals surface area contributed by atoms with E-state index in [9.17, 15) is 4.79 Å². The van der Waals surface area contributed by atoms with Crippen molar-refractivity contribution in [3.63, 3.8) is 0 Å². The van der Waals surface area contributed by atoms with Gasteiger partial charge in [-0.25, -0.2) is 9.97 Å². The fourth-order valence-corrected chi connectivity index (χ4v) is 4.90. The molecule has 0 bridgehead atoms. The lowest BCUT2D eigenvalue weighted by Gasteiger charge is -2.26. The number of aryl methyl sites for hydroxylation is 1. The Bertz CT molecular complexity index is 1130.